The number of benzene rings is 1. The number of rotatable bonds is 3. The van der Waals surface area contributed by atoms with E-state index in [1.54, 1.807) is 19.1 Å². The summed E-state index contributed by atoms with van der Waals surface area (Å²) in [6.07, 6.45) is 4.24. The molecule has 1 aliphatic rings. The minimum Gasteiger partial charge on any atom is -0.347 e. The Kier molecular flexibility index (Phi) is 3.18. The normalized spacial score (nSPS) is 17.4. The van der Waals surface area contributed by atoms with E-state index in [1.807, 2.05) is 0 Å². The molecule has 1 aliphatic carbocycles. The third-order valence-corrected chi connectivity index (χ3v) is 3.79. The maximum atomic E-state index is 13.1. The molecule has 0 aromatic heterocycles. The highest BCUT2D eigenvalue weighted by Gasteiger charge is 2.36. The highest BCUT2D eigenvalue weighted by atomic mass is 19.1. The molecule has 1 aromatic rings. The fourth-order valence-electron chi connectivity index (χ4n) is 2.27. The van der Waals surface area contributed by atoms with Crippen LogP contribution in [0.2, 0.25) is 0 Å². The molecule has 0 bridgehead atoms. The molecule has 1 saturated carbocycles. The van der Waals surface area contributed by atoms with Crippen LogP contribution in [0, 0.1) is 12.7 Å². The van der Waals surface area contributed by atoms with Gasteiger partial charge in [-0.25, -0.2) is 4.39 Å². The monoisotopic (exact) mass is 235 g/mol. The number of carbonyl (C=O) groups excluding carboxylic acids is 1. The van der Waals surface area contributed by atoms with E-state index in [2.05, 4.69) is 12.2 Å². The van der Waals surface area contributed by atoms with E-state index in [4.69, 9.17) is 0 Å². The van der Waals surface area contributed by atoms with E-state index in [-0.39, 0.29) is 17.3 Å². The molecule has 92 valence electrons. The van der Waals surface area contributed by atoms with Gasteiger partial charge in [0.25, 0.3) is 5.91 Å². The fourth-order valence-corrected chi connectivity index (χ4v) is 2.27. The molecule has 2 rings (SSSR count). The second kappa shape index (κ2) is 4.47. The van der Waals surface area contributed by atoms with Gasteiger partial charge in [-0.1, -0.05) is 6.92 Å². The largest absolute Gasteiger partial charge is 0.347 e. The molecular weight excluding hydrogens is 217 g/mol. The van der Waals surface area contributed by atoms with Crippen LogP contribution in [0.3, 0.4) is 0 Å². The second-order valence-electron chi connectivity index (χ2n) is 4.91. The first-order chi connectivity index (χ1) is 8.06. The molecule has 0 aliphatic heterocycles. The lowest BCUT2D eigenvalue weighted by atomic mass is 9.74. The standard InChI is InChI=1S/C14H18FNO/c1-3-14(7-4-8-14)16-13(17)11-5-6-12(15)10(2)9-11/h5-6,9H,3-4,7-8H2,1-2H3,(H,16,17). The summed E-state index contributed by atoms with van der Waals surface area (Å²) in [5.41, 5.74) is 1.04. The molecule has 0 unspecified atom stereocenters. The highest BCUT2D eigenvalue weighted by Crippen LogP contribution is 2.34. The first-order valence-corrected chi connectivity index (χ1v) is 6.15. The Hall–Kier alpha value is -1.38. The van der Waals surface area contributed by atoms with Gasteiger partial charge in [-0.15, -0.1) is 0 Å². The minimum absolute atomic E-state index is 0.0145. The van der Waals surface area contributed by atoms with Gasteiger partial charge in [0, 0.05) is 11.1 Å². The van der Waals surface area contributed by atoms with Crippen molar-refractivity contribution in [3.63, 3.8) is 0 Å². The van der Waals surface area contributed by atoms with Gasteiger partial charge in [0.15, 0.2) is 0 Å². The highest BCUT2D eigenvalue weighted by molar-refractivity contribution is 5.94. The van der Waals surface area contributed by atoms with E-state index < -0.39 is 0 Å². The summed E-state index contributed by atoms with van der Waals surface area (Å²) in [5, 5.41) is 3.08. The molecule has 0 heterocycles. The molecule has 3 heteroatoms. The van der Waals surface area contributed by atoms with Crippen molar-refractivity contribution in [2.24, 2.45) is 0 Å². The average molecular weight is 235 g/mol. The number of hydrogen-bond acceptors (Lipinski definition) is 1. The number of amides is 1. The number of carbonyl (C=O) groups is 1. The second-order valence-corrected chi connectivity index (χ2v) is 4.91. The van der Waals surface area contributed by atoms with E-state index in [1.165, 1.54) is 12.5 Å². The first-order valence-electron chi connectivity index (χ1n) is 6.15. The van der Waals surface area contributed by atoms with Crippen LogP contribution >= 0.6 is 0 Å². The predicted molar refractivity (Wildman–Crippen MR) is 65.5 cm³/mol. The van der Waals surface area contributed by atoms with E-state index in [0.29, 0.717) is 11.1 Å². The zero-order valence-electron chi connectivity index (χ0n) is 10.3. The van der Waals surface area contributed by atoms with Crippen LogP contribution < -0.4 is 5.32 Å². The average Bonchev–Trinajstić information content (AvgIpc) is 2.27. The zero-order chi connectivity index (χ0) is 12.5. The van der Waals surface area contributed by atoms with Gasteiger partial charge in [0.05, 0.1) is 0 Å². The maximum Gasteiger partial charge on any atom is 0.251 e. The van der Waals surface area contributed by atoms with E-state index in [0.717, 1.165) is 19.3 Å². The Morgan fingerprint density at radius 3 is 2.65 bits per heavy atom. The number of nitrogens with one attached hydrogen (secondary N) is 1. The van der Waals surface area contributed by atoms with Crippen LogP contribution in [-0.2, 0) is 0 Å². The van der Waals surface area contributed by atoms with Crippen molar-refractivity contribution in [3.05, 3.63) is 35.1 Å². The van der Waals surface area contributed by atoms with Gasteiger partial charge >= 0.3 is 0 Å². The fraction of sp³-hybridized carbons (Fsp3) is 0.500. The predicted octanol–water partition coefficient (Wildman–Crippen LogP) is 3.20. The van der Waals surface area contributed by atoms with Gasteiger partial charge in [0.2, 0.25) is 0 Å². The molecule has 1 aromatic carbocycles. The van der Waals surface area contributed by atoms with Gasteiger partial charge < -0.3 is 5.32 Å². The summed E-state index contributed by atoms with van der Waals surface area (Å²) in [6.45, 7) is 3.76. The van der Waals surface area contributed by atoms with Crippen LogP contribution in [0.15, 0.2) is 18.2 Å². The minimum atomic E-state index is -0.268. The van der Waals surface area contributed by atoms with Crippen LogP contribution in [0.25, 0.3) is 0 Å². The van der Waals surface area contributed by atoms with Crippen LogP contribution in [0.4, 0.5) is 4.39 Å². The summed E-state index contributed by atoms with van der Waals surface area (Å²) < 4.78 is 13.1. The van der Waals surface area contributed by atoms with Crippen molar-refractivity contribution < 1.29 is 9.18 Å². The first kappa shape index (κ1) is 12.1. The third kappa shape index (κ3) is 2.33. The molecule has 1 amide bonds. The molecule has 1 fully saturated rings. The number of hydrogen-bond donors (Lipinski definition) is 1. The molecule has 0 radical (unpaired) electrons. The number of aryl methyl sites for hydroxylation is 1. The SMILES string of the molecule is CCC1(NC(=O)c2ccc(F)c(C)c2)CCC1. The van der Waals surface area contributed by atoms with Crippen molar-refractivity contribution in [2.75, 3.05) is 0 Å². The van der Waals surface area contributed by atoms with Crippen LogP contribution in [-0.4, -0.2) is 11.4 Å². The van der Waals surface area contributed by atoms with E-state index in [9.17, 15) is 9.18 Å². The quantitative estimate of drug-likeness (QED) is 0.856. The van der Waals surface area contributed by atoms with Gasteiger partial charge in [0.1, 0.15) is 5.82 Å². The van der Waals surface area contributed by atoms with E-state index >= 15 is 0 Å². The molecular formula is C14H18FNO. The van der Waals surface area contributed by atoms with Crippen molar-refractivity contribution in [1.82, 2.24) is 5.32 Å². The molecule has 0 atom stereocenters. The molecule has 2 nitrogen and oxygen atoms in total. The maximum absolute atomic E-state index is 13.1. The summed E-state index contributed by atoms with van der Waals surface area (Å²) in [6, 6.07) is 4.50. The Bertz CT molecular complexity index is 432. The third-order valence-electron chi connectivity index (χ3n) is 3.79. The van der Waals surface area contributed by atoms with Crippen molar-refractivity contribution in [3.8, 4) is 0 Å². The zero-order valence-corrected chi connectivity index (χ0v) is 10.3. The summed E-state index contributed by atoms with van der Waals surface area (Å²) >= 11 is 0. The van der Waals surface area contributed by atoms with Crippen molar-refractivity contribution >= 4 is 5.91 Å². The topological polar surface area (TPSA) is 29.1 Å². The Morgan fingerprint density at radius 2 is 2.18 bits per heavy atom. The molecule has 0 spiro atoms. The van der Waals surface area contributed by atoms with Gasteiger partial charge in [-0.3, -0.25) is 4.79 Å². The number of halogens is 1. The molecule has 1 N–H and O–H groups in total. The van der Waals surface area contributed by atoms with Gasteiger partial charge in [-0.2, -0.15) is 0 Å². The van der Waals surface area contributed by atoms with Crippen molar-refractivity contribution in [1.29, 1.82) is 0 Å². The summed E-state index contributed by atoms with van der Waals surface area (Å²) in [5.74, 6) is -0.356. The van der Waals surface area contributed by atoms with Crippen LogP contribution in [0.5, 0.6) is 0 Å². The molecule has 0 saturated heterocycles. The van der Waals surface area contributed by atoms with Crippen LogP contribution in [0.1, 0.15) is 48.5 Å². The summed E-state index contributed by atoms with van der Waals surface area (Å²) in [7, 11) is 0. The Balaban J connectivity index is 2.11. The Labute approximate surface area is 101 Å². The molecule has 17 heavy (non-hydrogen) atoms. The van der Waals surface area contributed by atoms with Crippen molar-refractivity contribution in [2.45, 2.75) is 45.1 Å². The van der Waals surface area contributed by atoms with Gasteiger partial charge in [-0.05, 0) is 56.4 Å². The lowest BCUT2D eigenvalue weighted by Crippen LogP contribution is -2.52. The lowest BCUT2D eigenvalue weighted by Gasteiger charge is -2.42. The lowest BCUT2D eigenvalue weighted by molar-refractivity contribution is 0.0820. The smallest absolute Gasteiger partial charge is 0.251 e. The Morgan fingerprint density at radius 1 is 1.47 bits per heavy atom. The summed E-state index contributed by atoms with van der Waals surface area (Å²) in [4.78, 5) is 12.0.